The van der Waals surface area contributed by atoms with Gasteiger partial charge in [-0.15, -0.1) is 21.5 Å². The molecule has 0 aliphatic rings. The van der Waals surface area contributed by atoms with Crippen LogP contribution in [0.15, 0.2) is 0 Å². The van der Waals surface area contributed by atoms with E-state index in [0.717, 1.165) is 30.8 Å². The molecule has 1 heterocycles. The smallest absolute Gasteiger partial charge is 0.120 e. The predicted molar refractivity (Wildman–Crippen MR) is 74.7 cm³/mol. The van der Waals surface area contributed by atoms with Gasteiger partial charge in [0.1, 0.15) is 10.0 Å². The van der Waals surface area contributed by atoms with E-state index in [1.54, 1.807) is 11.3 Å². The minimum Gasteiger partial charge on any atom is -0.312 e. The summed E-state index contributed by atoms with van der Waals surface area (Å²) in [5, 5.41) is 14.4. The molecule has 0 fully saturated rings. The summed E-state index contributed by atoms with van der Waals surface area (Å²) in [5.41, 5.74) is 0.183. The van der Waals surface area contributed by atoms with Crippen molar-refractivity contribution in [1.82, 2.24) is 15.5 Å². The molecule has 1 rings (SSSR count). The summed E-state index contributed by atoms with van der Waals surface area (Å²) >= 11 is 1.78. The van der Waals surface area contributed by atoms with Gasteiger partial charge in [0, 0.05) is 24.4 Å². The van der Waals surface area contributed by atoms with Gasteiger partial charge in [-0.05, 0) is 33.6 Å². The molecule has 0 unspecified atom stereocenters. The molecule has 0 aromatic carbocycles. The van der Waals surface area contributed by atoms with E-state index in [1.807, 2.05) is 0 Å². The van der Waals surface area contributed by atoms with Crippen LogP contribution in [0.25, 0.3) is 0 Å². The lowest BCUT2D eigenvalue weighted by atomic mass is 10.1. The normalized spacial score (nSPS) is 12.4. The first-order valence-corrected chi connectivity index (χ1v) is 7.35. The molecule has 4 heteroatoms. The SMILES string of the molecule is CCC(CC)c1nnc(CCNC(C)(C)C)s1. The lowest BCUT2D eigenvalue weighted by molar-refractivity contribution is 0.429. The molecular weight excluding hydrogens is 230 g/mol. The number of rotatable bonds is 6. The summed E-state index contributed by atoms with van der Waals surface area (Å²) in [5.74, 6) is 0.594. The maximum absolute atomic E-state index is 4.31. The molecule has 0 radical (unpaired) electrons. The number of hydrogen-bond acceptors (Lipinski definition) is 4. The highest BCUT2D eigenvalue weighted by Crippen LogP contribution is 2.25. The van der Waals surface area contributed by atoms with Gasteiger partial charge in [-0.3, -0.25) is 0 Å². The Kier molecular flexibility index (Phi) is 5.53. The number of hydrogen-bond donors (Lipinski definition) is 1. The Morgan fingerprint density at radius 1 is 1.18 bits per heavy atom. The molecule has 0 saturated heterocycles. The van der Waals surface area contributed by atoms with Gasteiger partial charge in [-0.25, -0.2) is 0 Å². The second kappa shape index (κ2) is 6.45. The number of nitrogens with zero attached hydrogens (tertiary/aromatic N) is 2. The van der Waals surface area contributed by atoms with E-state index >= 15 is 0 Å². The number of aromatic nitrogens is 2. The average Bonchev–Trinajstić information content (AvgIpc) is 2.67. The largest absolute Gasteiger partial charge is 0.312 e. The molecule has 0 bridgehead atoms. The maximum atomic E-state index is 4.31. The standard InChI is InChI=1S/C13H25N3S/c1-6-10(7-2)12-16-15-11(17-12)8-9-14-13(3,4)5/h10,14H,6-9H2,1-5H3. The zero-order valence-corrected chi connectivity index (χ0v) is 12.5. The van der Waals surface area contributed by atoms with Gasteiger partial charge in [0.05, 0.1) is 0 Å². The van der Waals surface area contributed by atoms with Crippen LogP contribution < -0.4 is 5.32 Å². The fourth-order valence-electron chi connectivity index (χ4n) is 1.71. The topological polar surface area (TPSA) is 37.8 Å². The highest BCUT2D eigenvalue weighted by molar-refractivity contribution is 7.11. The summed E-state index contributed by atoms with van der Waals surface area (Å²) in [6.45, 7) is 12.0. The molecule has 0 atom stereocenters. The van der Waals surface area contributed by atoms with Gasteiger partial charge in [0.15, 0.2) is 0 Å². The van der Waals surface area contributed by atoms with Crippen LogP contribution in [0.3, 0.4) is 0 Å². The molecule has 0 saturated carbocycles. The highest BCUT2D eigenvalue weighted by atomic mass is 32.1. The summed E-state index contributed by atoms with van der Waals surface area (Å²) in [6, 6.07) is 0. The molecular formula is C13H25N3S. The molecule has 0 aliphatic heterocycles. The zero-order valence-electron chi connectivity index (χ0n) is 11.7. The molecule has 1 aromatic rings. The van der Waals surface area contributed by atoms with Crippen LogP contribution in [0.5, 0.6) is 0 Å². The summed E-state index contributed by atoms with van der Waals surface area (Å²) < 4.78 is 0. The third-order valence-corrected chi connectivity index (χ3v) is 3.96. The van der Waals surface area contributed by atoms with Crippen molar-refractivity contribution in [3.8, 4) is 0 Å². The Labute approximate surface area is 109 Å². The van der Waals surface area contributed by atoms with Gasteiger partial charge >= 0.3 is 0 Å². The molecule has 98 valence electrons. The van der Waals surface area contributed by atoms with Crippen molar-refractivity contribution in [2.75, 3.05) is 6.54 Å². The Hall–Kier alpha value is -0.480. The molecule has 0 amide bonds. The van der Waals surface area contributed by atoms with Crippen molar-refractivity contribution in [3.63, 3.8) is 0 Å². The Bertz CT molecular complexity index is 324. The van der Waals surface area contributed by atoms with E-state index in [1.165, 1.54) is 5.01 Å². The van der Waals surface area contributed by atoms with Crippen LogP contribution in [-0.4, -0.2) is 22.3 Å². The molecule has 1 aromatic heterocycles. The van der Waals surface area contributed by atoms with Gasteiger partial charge in [-0.1, -0.05) is 13.8 Å². The first kappa shape index (κ1) is 14.6. The molecule has 0 spiro atoms. The summed E-state index contributed by atoms with van der Waals surface area (Å²) in [7, 11) is 0. The van der Waals surface area contributed by atoms with Crippen LogP contribution in [0.4, 0.5) is 0 Å². The third-order valence-electron chi connectivity index (χ3n) is 2.81. The lowest BCUT2D eigenvalue weighted by Crippen LogP contribution is -2.37. The summed E-state index contributed by atoms with van der Waals surface area (Å²) in [6.07, 6.45) is 3.30. The minimum atomic E-state index is 0.183. The lowest BCUT2D eigenvalue weighted by Gasteiger charge is -2.19. The van der Waals surface area contributed by atoms with Crippen molar-refractivity contribution >= 4 is 11.3 Å². The number of nitrogens with one attached hydrogen (secondary N) is 1. The van der Waals surface area contributed by atoms with Crippen molar-refractivity contribution in [1.29, 1.82) is 0 Å². The highest BCUT2D eigenvalue weighted by Gasteiger charge is 2.13. The second-order valence-electron chi connectivity index (χ2n) is 5.47. The zero-order chi connectivity index (χ0) is 12.9. The van der Waals surface area contributed by atoms with Crippen LogP contribution in [0.1, 0.15) is 63.4 Å². The first-order valence-electron chi connectivity index (χ1n) is 6.53. The van der Waals surface area contributed by atoms with E-state index in [9.17, 15) is 0 Å². The van der Waals surface area contributed by atoms with Gasteiger partial charge in [0.2, 0.25) is 0 Å². The van der Waals surface area contributed by atoms with Crippen molar-refractivity contribution in [2.45, 2.75) is 65.3 Å². The monoisotopic (exact) mass is 255 g/mol. The van der Waals surface area contributed by atoms with Crippen molar-refractivity contribution in [2.24, 2.45) is 0 Å². The van der Waals surface area contributed by atoms with E-state index < -0.39 is 0 Å². The fourth-order valence-corrected chi connectivity index (χ4v) is 2.82. The maximum Gasteiger partial charge on any atom is 0.120 e. The minimum absolute atomic E-state index is 0.183. The van der Waals surface area contributed by atoms with Crippen LogP contribution in [0.2, 0.25) is 0 Å². The summed E-state index contributed by atoms with van der Waals surface area (Å²) in [4.78, 5) is 0. The van der Waals surface area contributed by atoms with Crippen LogP contribution >= 0.6 is 11.3 Å². The van der Waals surface area contributed by atoms with Crippen molar-refractivity contribution < 1.29 is 0 Å². The average molecular weight is 255 g/mol. The quantitative estimate of drug-likeness (QED) is 0.847. The van der Waals surface area contributed by atoms with Crippen LogP contribution in [-0.2, 0) is 6.42 Å². The van der Waals surface area contributed by atoms with E-state index in [-0.39, 0.29) is 5.54 Å². The molecule has 17 heavy (non-hydrogen) atoms. The van der Waals surface area contributed by atoms with Gasteiger partial charge in [0.25, 0.3) is 0 Å². The fraction of sp³-hybridized carbons (Fsp3) is 0.846. The van der Waals surface area contributed by atoms with E-state index in [0.29, 0.717) is 5.92 Å². The second-order valence-corrected chi connectivity index (χ2v) is 6.57. The third kappa shape index (κ3) is 5.13. The predicted octanol–water partition coefficient (Wildman–Crippen LogP) is 3.37. The Morgan fingerprint density at radius 2 is 1.82 bits per heavy atom. The van der Waals surface area contributed by atoms with E-state index in [4.69, 9.17) is 0 Å². The van der Waals surface area contributed by atoms with Gasteiger partial charge in [-0.2, -0.15) is 0 Å². The molecule has 1 N–H and O–H groups in total. The Morgan fingerprint density at radius 3 is 2.35 bits per heavy atom. The Balaban J connectivity index is 2.46. The van der Waals surface area contributed by atoms with Crippen LogP contribution in [0, 0.1) is 0 Å². The van der Waals surface area contributed by atoms with Crippen molar-refractivity contribution in [3.05, 3.63) is 10.0 Å². The van der Waals surface area contributed by atoms with Gasteiger partial charge < -0.3 is 5.32 Å². The first-order chi connectivity index (χ1) is 7.96. The molecule has 3 nitrogen and oxygen atoms in total. The van der Waals surface area contributed by atoms with E-state index in [2.05, 4.69) is 50.1 Å². The molecule has 0 aliphatic carbocycles.